The molecule has 0 heterocycles. The smallest absolute Gasteiger partial charge is 0.255 e. The molecule has 0 spiro atoms. The second-order valence-electron chi connectivity index (χ2n) is 4.62. The summed E-state index contributed by atoms with van der Waals surface area (Å²) in [5.41, 5.74) is 3.48. The van der Waals surface area contributed by atoms with Gasteiger partial charge in [-0.3, -0.25) is 4.79 Å². The third-order valence-electron chi connectivity index (χ3n) is 3.04. The number of nitrogens with one attached hydrogen (secondary N) is 1. The summed E-state index contributed by atoms with van der Waals surface area (Å²) in [5, 5.41) is 3.30. The van der Waals surface area contributed by atoms with Crippen LogP contribution in [-0.4, -0.2) is 13.0 Å². The number of hydrogen-bond donors (Lipinski definition) is 1. The van der Waals surface area contributed by atoms with Gasteiger partial charge in [0, 0.05) is 11.3 Å². The van der Waals surface area contributed by atoms with Crippen molar-refractivity contribution >= 4 is 23.2 Å². The number of hydrogen-bond acceptors (Lipinski definition) is 2. The number of carbonyl (C=O) groups is 1. The van der Waals surface area contributed by atoms with Crippen molar-refractivity contribution in [2.24, 2.45) is 0 Å². The van der Waals surface area contributed by atoms with E-state index in [0.717, 1.165) is 16.8 Å². The molecule has 2 rings (SSSR count). The lowest BCUT2D eigenvalue weighted by Crippen LogP contribution is -2.12. The third-order valence-corrected chi connectivity index (χ3v) is 3.34. The highest BCUT2D eigenvalue weighted by atomic mass is 35.5. The van der Waals surface area contributed by atoms with Crippen molar-refractivity contribution in [3.05, 3.63) is 58.1 Å². The molecule has 1 amide bonds. The molecule has 2 aromatic rings. The normalized spacial score (nSPS) is 10.2. The van der Waals surface area contributed by atoms with Gasteiger partial charge in [0.25, 0.3) is 5.91 Å². The Morgan fingerprint density at radius 1 is 1.15 bits per heavy atom. The maximum Gasteiger partial charge on any atom is 0.255 e. The minimum Gasteiger partial charge on any atom is -0.495 e. The number of benzene rings is 2. The molecule has 0 saturated carbocycles. The zero-order valence-corrected chi connectivity index (χ0v) is 12.4. The molecule has 4 heteroatoms. The number of amides is 1. The summed E-state index contributed by atoms with van der Waals surface area (Å²) in [6.45, 7) is 3.98. The number of ether oxygens (including phenoxy) is 1. The predicted molar refractivity (Wildman–Crippen MR) is 81.9 cm³/mol. The number of anilines is 1. The van der Waals surface area contributed by atoms with Gasteiger partial charge in [0.15, 0.2) is 0 Å². The molecule has 0 radical (unpaired) electrons. The Balaban J connectivity index is 2.21. The summed E-state index contributed by atoms with van der Waals surface area (Å²) in [6, 6.07) is 10.8. The van der Waals surface area contributed by atoms with E-state index < -0.39 is 0 Å². The van der Waals surface area contributed by atoms with Crippen LogP contribution >= 0.6 is 11.6 Å². The molecule has 0 atom stereocenters. The molecular weight excluding hydrogens is 274 g/mol. The van der Waals surface area contributed by atoms with Gasteiger partial charge in [0.2, 0.25) is 0 Å². The molecule has 2 aromatic carbocycles. The van der Waals surface area contributed by atoms with Crippen LogP contribution in [0.4, 0.5) is 5.69 Å². The number of methoxy groups -OCH3 is 1. The minimum absolute atomic E-state index is 0.193. The lowest BCUT2D eigenvalue weighted by molar-refractivity contribution is 0.102. The number of aryl methyl sites for hydroxylation is 2. The van der Waals surface area contributed by atoms with Crippen LogP contribution in [0.3, 0.4) is 0 Å². The van der Waals surface area contributed by atoms with Gasteiger partial charge >= 0.3 is 0 Å². The second kappa shape index (κ2) is 5.97. The summed E-state index contributed by atoms with van der Waals surface area (Å²) < 4.78 is 5.07. The first kappa shape index (κ1) is 14.4. The molecule has 1 N–H and O–H groups in total. The van der Waals surface area contributed by atoms with Gasteiger partial charge in [0.05, 0.1) is 12.1 Å². The van der Waals surface area contributed by atoms with Crippen LogP contribution in [0.15, 0.2) is 36.4 Å². The third kappa shape index (κ3) is 3.11. The van der Waals surface area contributed by atoms with Gasteiger partial charge in [-0.2, -0.15) is 0 Å². The average Bonchev–Trinajstić information content (AvgIpc) is 2.41. The van der Waals surface area contributed by atoms with Crippen LogP contribution in [0.5, 0.6) is 5.75 Å². The van der Waals surface area contributed by atoms with E-state index in [0.29, 0.717) is 16.3 Å². The number of halogens is 1. The predicted octanol–water partition coefficient (Wildman–Crippen LogP) is 4.22. The van der Waals surface area contributed by atoms with Crippen molar-refractivity contribution in [3.63, 3.8) is 0 Å². The fourth-order valence-corrected chi connectivity index (χ4v) is 2.21. The Bertz CT molecular complexity index is 653. The first-order valence-electron chi connectivity index (χ1n) is 6.23. The van der Waals surface area contributed by atoms with Gasteiger partial charge in [-0.15, -0.1) is 0 Å². The van der Waals surface area contributed by atoms with Crippen LogP contribution in [0, 0.1) is 13.8 Å². The van der Waals surface area contributed by atoms with E-state index in [2.05, 4.69) is 5.32 Å². The van der Waals surface area contributed by atoms with E-state index in [4.69, 9.17) is 16.3 Å². The van der Waals surface area contributed by atoms with E-state index in [1.54, 1.807) is 18.2 Å². The monoisotopic (exact) mass is 289 g/mol. The average molecular weight is 290 g/mol. The Morgan fingerprint density at radius 2 is 1.90 bits per heavy atom. The SMILES string of the molecule is COc1ccc(C(=O)Nc2ccc(C)cc2C)cc1Cl. The Morgan fingerprint density at radius 3 is 2.50 bits per heavy atom. The Hall–Kier alpha value is -2.00. The van der Waals surface area contributed by atoms with Gasteiger partial charge in [-0.25, -0.2) is 0 Å². The highest BCUT2D eigenvalue weighted by Crippen LogP contribution is 2.25. The van der Waals surface area contributed by atoms with Crippen molar-refractivity contribution in [2.45, 2.75) is 13.8 Å². The van der Waals surface area contributed by atoms with Gasteiger partial charge < -0.3 is 10.1 Å². The van der Waals surface area contributed by atoms with Gasteiger partial charge in [-0.1, -0.05) is 29.3 Å². The van der Waals surface area contributed by atoms with Crippen LogP contribution in [0.25, 0.3) is 0 Å². The summed E-state index contributed by atoms with van der Waals surface area (Å²) in [7, 11) is 1.54. The van der Waals surface area contributed by atoms with Crippen LogP contribution in [0.1, 0.15) is 21.5 Å². The molecular formula is C16H16ClNO2. The molecule has 0 aliphatic rings. The molecule has 0 aromatic heterocycles. The molecule has 3 nitrogen and oxygen atoms in total. The van der Waals surface area contributed by atoms with Crippen molar-refractivity contribution < 1.29 is 9.53 Å². The fourth-order valence-electron chi connectivity index (χ4n) is 1.96. The Labute approximate surface area is 123 Å². The van der Waals surface area contributed by atoms with Crippen LogP contribution in [-0.2, 0) is 0 Å². The quantitative estimate of drug-likeness (QED) is 0.919. The molecule has 20 heavy (non-hydrogen) atoms. The van der Waals surface area contributed by atoms with E-state index in [1.807, 2.05) is 32.0 Å². The van der Waals surface area contributed by atoms with Crippen LogP contribution < -0.4 is 10.1 Å². The summed E-state index contributed by atoms with van der Waals surface area (Å²) in [6.07, 6.45) is 0. The molecule has 0 fully saturated rings. The van der Waals surface area contributed by atoms with E-state index in [-0.39, 0.29) is 5.91 Å². The highest BCUT2D eigenvalue weighted by Gasteiger charge is 2.10. The molecule has 0 unspecified atom stereocenters. The number of carbonyl (C=O) groups excluding carboxylic acids is 1. The van der Waals surface area contributed by atoms with E-state index in [9.17, 15) is 4.79 Å². The first-order valence-corrected chi connectivity index (χ1v) is 6.61. The number of rotatable bonds is 3. The zero-order chi connectivity index (χ0) is 14.7. The van der Waals surface area contributed by atoms with E-state index >= 15 is 0 Å². The molecule has 104 valence electrons. The molecule has 0 saturated heterocycles. The van der Waals surface area contributed by atoms with Crippen molar-refractivity contribution in [1.82, 2.24) is 0 Å². The lowest BCUT2D eigenvalue weighted by atomic mass is 10.1. The standard InChI is InChI=1S/C16H16ClNO2/c1-10-4-6-14(11(2)8-10)18-16(19)12-5-7-15(20-3)13(17)9-12/h4-9H,1-3H3,(H,18,19). The van der Waals surface area contributed by atoms with Crippen molar-refractivity contribution in [3.8, 4) is 5.75 Å². The van der Waals surface area contributed by atoms with E-state index in [1.165, 1.54) is 7.11 Å². The topological polar surface area (TPSA) is 38.3 Å². The summed E-state index contributed by atoms with van der Waals surface area (Å²) >= 11 is 6.02. The summed E-state index contributed by atoms with van der Waals surface area (Å²) in [4.78, 5) is 12.2. The molecule has 0 aliphatic carbocycles. The van der Waals surface area contributed by atoms with Crippen molar-refractivity contribution in [1.29, 1.82) is 0 Å². The highest BCUT2D eigenvalue weighted by molar-refractivity contribution is 6.32. The summed E-state index contributed by atoms with van der Waals surface area (Å²) in [5.74, 6) is 0.358. The fraction of sp³-hybridized carbons (Fsp3) is 0.188. The zero-order valence-electron chi connectivity index (χ0n) is 11.7. The van der Waals surface area contributed by atoms with Crippen LogP contribution in [0.2, 0.25) is 5.02 Å². The van der Waals surface area contributed by atoms with Gasteiger partial charge in [0.1, 0.15) is 5.75 Å². The largest absolute Gasteiger partial charge is 0.495 e. The van der Waals surface area contributed by atoms with Crippen molar-refractivity contribution in [2.75, 3.05) is 12.4 Å². The second-order valence-corrected chi connectivity index (χ2v) is 5.03. The maximum atomic E-state index is 12.2. The first-order chi connectivity index (χ1) is 9.51. The Kier molecular flexibility index (Phi) is 4.30. The van der Waals surface area contributed by atoms with Gasteiger partial charge in [-0.05, 0) is 43.7 Å². The molecule has 0 aliphatic heterocycles. The molecule has 0 bridgehead atoms. The minimum atomic E-state index is -0.193. The lowest BCUT2D eigenvalue weighted by Gasteiger charge is -2.10. The maximum absolute atomic E-state index is 12.2.